The van der Waals surface area contributed by atoms with Gasteiger partial charge in [0.25, 0.3) is 0 Å². The van der Waals surface area contributed by atoms with E-state index in [1.165, 1.54) is 182 Å². The summed E-state index contributed by atoms with van der Waals surface area (Å²) in [5.41, 5.74) is 34.2. The number of benzene rings is 16. The second kappa shape index (κ2) is 23.5. The van der Waals surface area contributed by atoms with Crippen LogP contribution < -0.4 is 0 Å². The third-order valence-corrected chi connectivity index (χ3v) is 23.1. The van der Waals surface area contributed by atoms with Crippen LogP contribution in [0, 0.1) is 0 Å². The summed E-state index contributed by atoms with van der Waals surface area (Å²) in [6.45, 7) is 0. The minimum absolute atomic E-state index is 1.10. The van der Waals surface area contributed by atoms with Gasteiger partial charge < -0.3 is 18.3 Å². The monoisotopic (exact) mass is 1370 g/mol. The van der Waals surface area contributed by atoms with Gasteiger partial charge in [-0.1, -0.05) is 231 Å². The SMILES string of the molecule is c1ccc(-n2c3ccccc3c3cc(-c4ccc5c(c4)c4ccncc4n5-c4cccc(-c5ccc6c7c(cccc57)-c5ccccc5-6)c4)ccc32)cc1.c1ccc(-n2c3ccccc3c3cc(-c4ccc5c(c4)c4cnccc4n5-c4cccc(-c5ccc6c7c(cccc57)-c5ccccc5-6)c4)ccc32)cc1. The predicted molar refractivity (Wildman–Crippen MR) is 451 cm³/mol. The molecule has 0 atom stereocenters. The highest BCUT2D eigenvalue weighted by Gasteiger charge is 2.26. The van der Waals surface area contributed by atoms with Gasteiger partial charge in [-0.2, -0.15) is 0 Å². The molecule has 0 fully saturated rings. The van der Waals surface area contributed by atoms with E-state index in [9.17, 15) is 0 Å². The third-order valence-electron chi connectivity index (χ3n) is 23.1. The Morgan fingerprint density at radius 2 is 0.472 bits per heavy atom. The average molecular weight is 1370 g/mol. The van der Waals surface area contributed by atoms with Crippen LogP contribution >= 0.6 is 0 Å². The molecule has 0 bridgehead atoms. The number of hydrogen-bond donors (Lipinski definition) is 0. The highest BCUT2D eigenvalue weighted by Crippen LogP contribution is 2.52. The van der Waals surface area contributed by atoms with Crippen molar-refractivity contribution >= 4 is 109 Å². The molecule has 0 saturated carbocycles. The quantitative estimate of drug-likeness (QED) is 0.152. The molecule has 22 aromatic rings. The van der Waals surface area contributed by atoms with Crippen LogP contribution in [0.2, 0.25) is 0 Å². The molecule has 0 saturated heterocycles. The molecule has 2 aliphatic carbocycles. The number of hydrogen-bond acceptors (Lipinski definition) is 2. The zero-order chi connectivity index (χ0) is 70.7. The van der Waals surface area contributed by atoms with E-state index in [4.69, 9.17) is 0 Å². The number of aromatic nitrogens is 6. The van der Waals surface area contributed by atoms with Crippen LogP contribution in [-0.4, -0.2) is 28.2 Å². The van der Waals surface area contributed by atoms with Crippen molar-refractivity contribution in [2.45, 2.75) is 0 Å². The molecule has 24 rings (SSSR count). The fraction of sp³-hybridized carbons (Fsp3) is 0. The summed E-state index contributed by atoms with van der Waals surface area (Å²) in [6, 6.07) is 129. The number of para-hydroxylation sites is 4. The lowest BCUT2D eigenvalue weighted by Crippen LogP contribution is -1.95. The zero-order valence-corrected chi connectivity index (χ0v) is 58.5. The first-order valence-corrected chi connectivity index (χ1v) is 37.1. The second-order valence-electron chi connectivity index (χ2n) is 28.7. The van der Waals surface area contributed by atoms with Crippen LogP contribution in [0.15, 0.2) is 377 Å². The zero-order valence-electron chi connectivity index (χ0n) is 58.5. The summed E-state index contributed by atoms with van der Waals surface area (Å²) in [5, 5.41) is 15.0. The van der Waals surface area contributed by atoms with Gasteiger partial charge in [0.05, 0.1) is 50.3 Å². The Morgan fingerprint density at radius 3 is 0.944 bits per heavy atom. The van der Waals surface area contributed by atoms with Gasteiger partial charge in [0.2, 0.25) is 0 Å². The van der Waals surface area contributed by atoms with Gasteiger partial charge in [-0.3, -0.25) is 9.97 Å². The molecule has 6 nitrogen and oxygen atoms in total. The lowest BCUT2D eigenvalue weighted by Gasteiger charge is -2.13. The normalized spacial score (nSPS) is 12.1. The Labute approximate surface area is 621 Å². The van der Waals surface area contributed by atoms with Crippen molar-refractivity contribution in [2.75, 3.05) is 0 Å². The van der Waals surface area contributed by atoms with Gasteiger partial charge >= 0.3 is 0 Å². The maximum absolute atomic E-state index is 4.61. The van der Waals surface area contributed by atoms with E-state index >= 15 is 0 Å². The van der Waals surface area contributed by atoms with Crippen molar-refractivity contribution in [2.24, 2.45) is 0 Å². The minimum Gasteiger partial charge on any atom is -0.309 e. The first kappa shape index (κ1) is 60.0. The fourth-order valence-electron chi connectivity index (χ4n) is 18.4. The number of pyridine rings is 2. The van der Waals surface area contributed by atoms with E-state index in [1.807, 2.05) is 24.8 Å². The summed E-state index contributed by atoms with van der Waals surface area (Å²) < 4.78 is 9.51. The average Bonchev–Trinajstić information content (AvgIpc) is 1.56. The molecule has 0 aliphatic heterocycles. The molecule has 6 aromatic heterocycles. The van der Waals surface area contributed by atoms with E-state index in [-0.39, 0.29) is 0 Å². The highest BCUT2D eigenvalue weighted by atomic mass is 15.0. The standard InChI is InChI=1S/2C51H31N3/c1-2-11-35(12-3-1)53-47-19-7-6-16-40(47)45-29-32(20-24-48(45)53)33-21-25-49-46(30-33)41-26-27-52-31-50(41)54(49)36-13-8-10-34(28-36)37-22-23-44-39-15-5-4-14-38(39)43-18-9-17-42(37)51(43)44;1-2-11-35(12-3-1)53-47-19-7-6-16-40(47)44-29-32(20-24-48(44)53)33-21-25-49-45(30-33)46-31-52-27-26-50(46)54(49)36-13-8-10-34(28-36)37-22-23-43-39-15-5-4-14-38(39)42-18-9-17-41(37)51(42)43/h2*1-31H. The fourth-order valence-corrected chi connectivity index (χ4v) is 18.4. The highest BCUT2D eigenvalue weighted by molar-refractivity contribution is 6.21. The van der Waals surface area contributed by atoms with Crippen molar-refractivity contribution in [1.82, 2.24) is 28.2 Å². The van der Waals surface area contributed by atoms with Crippen LogP contribution in [0.5, 0.6) is 0 Å². The number of nitrogens with zero attached hydrogens (tertiary/aromatic N) is 6. The molecule has 6 heterocycles. The van der Waals surface area contributed by atoms with Crippen LogP contribution in [0.1, 0.15) is 0 Å². The van der Waals surface area contributed by atoms with Crippen molar-refractivity contribution < 1.29 is 0 Å². The molecular formula is C102H62N6. The van der Waals surface area contributed by atoms with Crippen LogP contribution in [0.3, 0.4) is 0 Å². The smallest absolute Gasteiger partial charge is 0.0724 e. The second-order valence-corrected chi connectivity index (χ2v) is 28.7. The third kappa shape index (κ3) is 8.95. The Balaban J connectivity index is 0.000000130. The Bertz CT molecular complexity index is 7050. The minimum atomic E-state index is 1.10. The number of fused-ring (bicyclic) bond motifs is 18. The van der Waals surface area contributed by atoms with Gasteiger partial charge in [-0.15, -0.1) is 0 Å². The molecule has 2 aliphatic rings. The van der Waals surface area contributed by atoms with Crippen molar-refractivity contribution in [1.29, 1.82) is 0 Å². The first-order chi connectivity index (χ1) is 53.6. The van der Waals surface area contributed by atoms with Gasteiger partial charge in [0, 0.05) is 84.4 Å². The topological polar surface area (TPSA) is 45.5 Å². The van der Waals surface area contributed by atoms with Crippen molar-refractivity contribution in [3.05, 3.63) is 377 Å². The summed E-state index contributed by atoms with van der Waals surface area (Å²) in [4.78, 5) is 9.21. The Morgan fingerprint density at radius 1 is 0.157 bits per heavy atom. The Kier molecular flexibility index (Phi) is 13.1. The first-order valence-electron chi connectivity index (χ1n) is 37.1. The lowest BCUT2D eigenvalue weighted by molar-refractivity contribution is 1.17. The molecule has 0 radical (unpaired) electrons. The van der Waals surface area contributed by atoms with Crippen molar-refractivity contribution in [3.63, 3.8) is 0 Å². The van der Waals surface area contributed by atoms with Gasteiger partial charge in [0.15, 0.2) is 0 Å². The lowest BCUT2D eigenvalue weighted by atomic mass is 9.94. The summed E-state index contributed by atoms with van der Waals surface area (Å²) in [6.07, 6.45) is 7.83. The van der Waals surface area contributed by atoms with E-state index in [2.05, 4.69) is 380 Å². The molecule has 0 unspecified atom stereocenters. The molecule has 500 valence electrons. The summed E-state index contributed by atoms with van der Waals surface area (Å²) in [5.74, 6) is 0. The molecule has 0 N–H and O–H groups in total. The summed E-state index contributed by atoms with van der Waals surface area (Å²) >= 11 is 0. The maximum atomic E-state index is 4.61. The maximum Gasteiger partial charge on any atom is 0.0724 e. The molecular weight excluding hydrogens is 1310 g/mol. The van der Waals surface area contributed by atoms with E-state index in [1.54, 1.807) is 0 Å². The van der Waals surface area contributed by atoms with E-state index in [0.717, 1.165) is 38.8 Å². The molecule has 0 amide bonds. The largest absolute Gasteiger partial charge is 0.309 e. The Hall–Kier alpha value is -14.5. The van der Waals surface area contributed by atoms with Crippen molar-refractivity contribution in [3.8, 4) is 112 Å². The molecule has 0 spiro atoms. The van der Waals surface area contributed by atoms with Crippen LogP contribution in [-0.2, 0) is 0 Å². The van der Waals surface area contributed by atoms with Crippen LogP contribution in [0.4, 0.5) is 0 Å². The molecule has 6 heteroatoms. The van der Waals surface area contributed by atoms with Gasteiger partial charge in [-0.05, 0) is 232 Å². The molecule has 108 heavy (non-hydrogen) atoms. The van der Waals surface area contributed by atoms with Gasteiger partial charge in [-0.25, -0.2) is 0 Å². The van der Waals surface area contributed by atoms with Crippen LogP contribution in [0.25, 0.3) is 221 Å². The summed E-state index contributed by atoms with van der Waals surface area (Å²) in [7, 11) is 0. The van der Waals surface area contributed by atoms with E-state index in [0.29, 0.717) is 0 Å². The van der Waals surface area contributed by atoms with E-state index < -0.39 is 0 Å². The number of rotatable bonds is 8. The predicted octanol–water partition coefficient (Wildman–Crippen LogP) is 26.8. The molecule has 16 aromatic carbocycles. The van der Waals surface area contributed by atoms with Gasteiger partial charge in [0.1, 0.15) is 0 Å².